The summed E-state index contributed by atoms with van der Waals surface area (Å²) in [6.45, 7) is -0.00262. The lowest BCUT2D eigenvalue weighted by molar-refractivity contribution is -0.402. The molecule has 1 N–H and O–H groups in total. The molecule has 3 rings (SSSR count). The van der Waals surface area contributed by atoms with Gasteiger partial charge in [0.05, 0.1) is 12.6 Å². The Labute approximate surface area is 158 Å². The Hall–Kier alpha value is -3.82. The molecule has 10 heteroatoms. The van der Waals surface area contributed by atoms with Crippen LogP contribution in [0.1, 0.15) is 5.76 Å². The van der Waals surface area contributed by atoms with Gasteiger partial charge < -0.3 is 23.9 Å². The van der Waals surface area contributed by atoms with Gasteiger partial charge in [-0.2, -0.15) is 0 Å². The van der Waals surface area contributed by atoms with Crippen LogP contribution in [0.3, 0.4) is 0 Å². The van der Waals surface area contributed by atoms with Gasteiger partial charge in [-0.25, -0.2) is 4.79 Å². The van der Waals surface area contributed by atoms with E-state index in [0.717, 1.165) is 12.1 Å². The third kappa shape index (κ3) is 5.10. The van der Waals surface area contributed by atoms with E-state index in [9.17, 15) is 19.7 Å². The lowest BCUT2D eigenvalue weighted by Crippen LogP contribution is -2.42. The number of para-hydroxylation sites is 2. The van der Waals surface area contributed by atoms with Crippen LogP contribution in [0.4, 0.5) is 5.88 Å². The molecule has 2 aromatic rings. The highest BCUT2D eigenvalue weighted by Crippen LogP contribution is 2.30. The van der Waals surface area contributed by atoms with Crippen LogP contribution < -0.4 is 14.8 Å². The number of nitrogens with zero attached hydrogens (tertiary/aromatic N) is 1. The normalized spacial score (nSPS) is 15.2. The fraction of sp³-hybridized carbons (Fsp3) is 0.222. The van der Waals surface area contributed by atoms with Crippen molar-refractivity contribution >= 4 is 23.8 Å². The Kier molecular flexibility index (Phi) is 5.90. The first-order chi connectivity index (χ1) is 13.5. The van der Waals surface area contributed by atoms with E-state index >= 15 is 0 Å². The molecule has 0 radical (unpaired) electrons. The van der Waals surface area contributed by atoms with Crippen LogP contribution in [-0.4, -0.2) is 42.7 Å². The van der Waals surface area contributed by atoms with Gasteiger partial charge >= 0.3 is 11.9 Å². The average molecular weight is 388 g/mol. The molecular formula is C18H16N2O8. The van der Waals surface area contributed by atoms with Crippen LogP contribution in [0, 0.1) is 10.1 Å². The van der Waals surface area contributed by atoms with Crippen molar-refractivity contribution in [1.82, 2.24) is 5.32 Å². The molecule has 0 fully saturated rings. The number of carbonyl (C=O) groups is 2. The molecule has 0 saturated carbocycles. The van der Waals surface area contributed by atoms with Crippen molar-refractivity contribution in [2.24, 2.45) is 0 Å². The maximum Gasteiger partial charge on any atom is 0.433 e. The molecule has 1 aromatic carbocycles. The quantitative estimate of drug-likeness (QED) is 0.328. The summed E-state index contributed by atoms with van der Waals surface area (Å²) in [5, 5.41) is 13.1. The molecule has 0 unspecified atom stereocenters. The molecule has 28 heavy (non-hydrogen) atoms. The highest BCUT2D eigenvalue weighted by molar-refractivity contribution is 5.88. The molecule has 146 valence electrons. The highest BCUT2D eigenvalue weighted by Gasteiger charge is 2.21. The molecule has 0 spiro atoms. The van der Waals surface area contributed by atoms with Gasteiger partial charge in [0.25, 0.3) is 5.91 Å². The van der Waals surface area contributed by atoms with Gasteiger partial charge in [0.15, 0.2) is 18.1 Å². The summed E-state index contributed by atoms with van der Waals surface area (Å²) in [6.07, 6.45) is 1.85. The maximum absolute atomic E-state index is 11.8. The molecule has 1 amide bonds. The molecule has 0 bridgehead atoms. The molecule has 1 aliphatic rings. The zero-order chi connectivity index (χ0) is 19.9. The summed E-state index contributed by atoms with van der Waals surface area (Å²) in [5.74, 6) is -0.375. The SMILES string of the molecule is O=C(COC(=O)/C=C/c1ccc([N+](=O)[O-])o1)NC[C@H]1COc2ccccc2O1. The molecule has 10 nitrogen and oxygen atoms in total. The summed E-state index contributed by atoms with van der Waals surface area (Å²) >= 11 is 0. The van der Waals surface area contributed by atoms with Crippen LogP contribution in [0.2, 0.25) is 0 Å². The van der Waals surface area contributed by atoms with Gasteiger partial charge in [0.2, 0.25) is 0 Å². The lowest BCUT2D eigenvalue weighted by Gasteiger charge is -2.26. The van der Waals surface area contributed by atoms with Crippen molar-refractivity contribution < 1.29 is 33.1 Å². The second-order valence-corrected chi connectivity index (χ2v) is 5.68. The molecule has 0 aliphatic carbocycles. The van der Waals surface area contributed by atoms with Crippen LogP contribution >= 0.6 is 0 Å². The molecular weight excluding hydrogens is 372 g/mol. The number of benzene rings is 1. The summed E-state index contributed by atoms with van der Waals surface area (Å²) in [4.78, 5) is 33.2. The fourth-order valence-electron chi connectivity index (χ4n) is 2.31. The van der Waals surface area contributed by atoms with Crippen LogP contribution in [0.5, 0.6) is 11.5 Å². The number of hydrogen-bond acceptors (Lipinski definition) is 8. The summed E-state index contributed by atoms with van der Waals surface area (Å²) in [6, 6.07) is 9.70. The molecule has 1 aromatic heterocycles. The Morgan fingerprint density at radius 1 is 1.25 bits per heavy atom. The summed E-state index contributed by atoms with van der Waals surface area (Å²) < 4.78 is 20.9. The van der Waals surface area contributed by atoms with E-state index in [-0.39, 0.29) is 25.0 Å². The smallest absolute Gasteiger partial charge is 0.433 e. The van der Waals surface area contributed by atoms with Crippen molar-refractivity contribution in [2.75, 3.05) is 19.8 Å². The van der Waals surface area contributed by atoms with E-state index in [0.29, 0.717) is 11.5 Å². The maximum atomic E-state index is 11.8. The fourth-order valence-corrected chi connectivity index (χ4v) is 2.31. The molecule has 1 atom stereocenters. The standard InChI is InChI=1S/C18H16N2O8/c21-16(19-9-13-10-25-14-3-1-2-4-15(14)27-13)11-26-18(22)8-6-12-5-7-17(28-12)20(23)24/h1-8,13H,9-11H2,(H,19,21)/b8-6+/t13-/m0/s1. The first kappa shape index (κ1) is 19.0. The minimum absolute atomic E-state index is 0.114. The number of nitro groups is 1. The number of hydrogen-bond donors (Lipinski definition) is 1. The number of amides is 1. The number of furan rings is 1. The van der Waals surface area contributed by atoms with E-state index < -0.39 is 29.3 Å². The van der Waals surface area contributed by atoms with Gasteiger partial charge in [-0.3, -0.25) is 14.9 Å². The number of esters is 1. The van der Waals surface area contributed by atoms with Gasteiger partial charge in [0, 0.05) is 6.08 Å². The average Bonchev–Trinajstić information content (AvgIpc) is 3.18. The summed E-state index contributed by atoms with van der Waals surface area (Å²) in [7, 11) is 0. The minimum atomic E-state index is -0.791. The van der Waals surface area contributed by atoms with Gasteiger partial charge in [-0.05, 0) is 24.3 Å². The van der Waals surface area contributed by atoms with Crippen molar-refractivity contribution in [3.63, 3.8) is 0 Å². The zero-order valence-corrected chi connectivity index (χ0v) is 14.5. The topological polar surface area (TPSA) is 130 Å². The van der Waals surface area contributed by atoms with Crippen LogP contribution in [0.15, 0.2) is 46.9 Å². The minimum Gasteiger partial charge on any atom is -0.486 e. The number of nitrogens with one attached hydrogen (secondary N) is 1. The second kappa shape index (κ2) is 8.71. The predicted molar refractivity (Wildman–Crippen MR) is 94.7 cm³/mol. The van der Waals surface area contributed by atoms with E-state index in [2.05, 4.69) is 5.32 Å². The first-order valence-electron chi connectivity index (χ1n) is 8.25. The summed E-state index contributed by atoms with van der Waals surface area (Å²) in [5.41, 5.74) is 0. The van der Waals surface area contributed by atoms with E-state index in [1.807, 2.05) is 12.1 Å². The molecule has 1 aliphatic heterocycles. The van der Waals surface area contributed by atoms with Crippen LogP contribution in [-0.2, 0) is 14.3 Å². The van der Waals surface area contributed by atoms with Crippen LogP contribution in [0.25, 0.3) is 6.08 Å². The highest BCUT2D eigenvalue weighted by atomic mass is 16.6. The zero-order valence-electron chi connectivity index (χ0n) is 14.5. The van der Waals surface area contributed by atoms with Crippen molar-refractivity contribution in [3.8, 4) is 11.5 Å². The third-order valence-electron chi connectivity index (χ3n) is 3.62. The van der Waals surface area contributed by atoms with Crippen molar-refractivity contribution in [3.05, 3.63) is 58.3 Å². The van der Waals surface area contributed by atoms with E-state index in [1.165, 1.54) is 12.1 Å². The Balaban J connectivity index is 1.37. The number of carbonyl (C=O) groups excluding carboxylic acids is 2. The Morgan fingerprint density at radius 2 is 2.04 bits per heavy atom. The predicted octanol–water partition coefficient (Wildman–Crippen LogP) is 1.70. The third-order valence-corrected chi connectivity index (χ3v) is 3.62. The van der Waals surface area contributed by atoms with Crippen molar-refractivity contribution in [2.45, 2.75) is 6.10 Å². The lowest BCUT2D eigenvalue weighted by atomic mass is 10.2. The monoisotopic (exact) mass is 388 g/mol. The Bertz CT molecular complexity index is 904. The Morgan fingerprint density at radius 3 is 2.79 bits per heavy atom. The number of ether oxygens (including phenoxy) is 3. The van der Waals surface area contributed by atoms with Gasteiger partial charge in [-0.1, -0.05) is 12.1 Å². The molecule has 0 saturated heterocycles. The molecule has 2 heterocycles. The number of fused-ring (bicyclic) bond motifs is 1. The van der Waals surface area contributed by atoms with E-state index in [4.69, 9.17) is 18.6 Å². The van der Waals surface area contributed by atoms with Gasteiger partial charge in [-0.15, -0.1) is 0 Å². The number of rotatable bonds is 7. The van der Waals surface area contributed by atoms with Gasteiger partial charge in [0.1, 0.15) is 23.4 Å². The van der Waals surface area contributed by atoms with Crippen molar-refractivity contribution in [1.29, 1.82) is 0 Å². The largest absolute Gasteiger partial charge is 0.486 e. The first-order valence-corrected chi connectivity index (χ1v) is 8.25. The second-order valence-electron chi connectivity index (χ2n) is 5.68. The van der Waals surface area contributed by atoms with E-state index in [1.54, 1.807) is 12.1 Å².